The lowest BCUT2D eigenvalue weighted by Crippen LogP contribution is -2.48. The molecule has 0 saturated carbocycles. The summed E-state index contributed by atoms with van der Waals surface area (Å²) in [6, 6.07) is 23.0. The number of anilines is 2. The van der Waals surface area contributed by atoms with Crippen molar-refractivity contribution in [2.45, 2.75) is 13.3 Å². The Morgan fingerprint density at radius 2 is 1.61 bits per heavy atom. The van der Waals surface area contributed by atoms with Crippen LogP contribution in [0.1, 0.15) is 34.1 Å². The molecule has 8 nitrogen and oxygen atoms in total. The first-order valence-electron chi connectivity index (χ1n) is 15.8. The monoisotopic (exact) mass is 705 g/mol. The predicted molar refractivity (Wildman–Crippen MR) is 189 cm³/mol. The summed E-state index contributed by atoms with van der Waals surface area (Å²) in [4.78, 5) is 31.1. The molecule has 1 amide bonds. The van der Waals surface area contributed by atoms with E-state index in [1.807, 2.05) is 24.3 Å². The van der Waals surface area contributed by atoms with Crippen LogP contribution in [-0.2, 0) is 10.0 Å². The van der Waals surface area contributed by atoms with Gasteiger partial charge in [0.15, 0.2) is 5.78 Å². The number of hydrogen-bond acceptors (Lipinski definition) is 6. The third-order valence-electron chi connectivity index (χ3n) is 8.65. The van der Waals surface area contributed by atoms with Gasteiger partial charge in [-0.15, -0.1) is 0 Å². The van der Waals surface area contributed by atoms with Crippen LogP contribution in [0.2, 0.25) is 5.02 Å². The van der Waals surface area contributed by atoms with Crippen molar-refractivity contribution < 1.29 is 31.2 Å². The Morgan fingerprint density at radius 1 is 0.918 bits per heavy atom. The van der Waals surface area contributed by atoms with Gasteiger partial charge in [0.25, 0.3) is 5.91 Å². The molecular formula is C37H34ClF2N3O5S. The molecule has 0 N–H and O–H groups in total. The van der Waals surface area contributed by atoms with Gasteiger partial charge in [-0.1, -0.05) is 30.7 Å². The first-order valence-corrected chi connectivity index (χ1v) is 18.0. The molecule has 1 aliphatic heterocycles. The van der Waals surface area contributed by atoms with Crippen molar-refractivity contribution in [3.8, 4) is 22.5 Å². The lowest BCUT2D eigenvalue weighted by Gasteiger charge is -2.36. The van der Waals surface area contributed by atoms with Crippen LogP contribution >= 0.6 is 11.6 Å². The van der Waals surface area contributed by atoms with Crippen molar-refractivity contribution in [1.82, 2.24) is 4.90 Å². The summed E-state index contributed by atoms with van der Waals surface area (Å²) in [5.41, 5.74) is 3.33. The number of nitrogens with zero attached hydrogens (tertiary/aromatic N) is 3. The zero-order valence-corrected chi connectivity index (χ0v) is 28.5. The molecule has 1 aromatic heterocycles. The molecule has 0 radical (unpaired) electrons. The van der Waals surface area contributed by atoms with E-state index in [1.165, 1.54) is 30.3 Å². The fraction of sp³-hybridized carbons (Fsp3) is 0.243. The Kier molecular flexibility index (Phi) is 9.76. The highest BCUT2D eigenvalue weighted by molar-refractivity contribution is 7.92. The number of carbonyl (C=O) groups excluding carboxylic acids is 2. The van der Waals surface area contributed by atoms with Crippen LogP contribution in [0.3, 0.4) is 0 Å². The highest BCUT2D eigenvalue weighted by Gasteiger charge is 2.28. The number of hydrogen-bond donors (Lipinski definition) is 0. The maximum atomic E-state index is 13.8. The van der Waals surface area contributed by atoms with Gasteiger partial charge >= 0.3 is 0 Å². The van der Waals surface area contributed by atoms with Gasteiger partial charge in [0.2, 0.25) is 10.0 Å². The predicted octanol–water partition coefficient (Wildman–Crippen LogP) is 7.85. The summed E-state index contributed by atoms with van der Waals surface area (Å²) in [6.45, 7) is 2.54. The number of carbonyl (C=O) groups is 2. The Bertz CT molecular complexity index is 2130. The second-order valence-corrected chi connectivity index (χ2v) is 14.2. The van der Waals surface area contributed by atoms with E-state index < -0.39 is 29.1 Å². The average molecular weight is 706 g/mol. The molecule has 12 heteroatoms. The Hall–Kier alpha value is -4.74. The van der Waals surface area contributed by atoms with E-state index in [4.69, 9.17) is 16.0 Å². The van der Waals surface area contributed by atoms with Crippen LogP contribution < -0.4 is 9.21 Å². The number of halogens is 3. The van der Waals surface area contributed by atoms with Gasteiger partial charge < -0.3 is 14.2 Å². The Balaban J connectivity index is 1.43. The number of fused-ring (bicyclic) bond motifs is 1. The summed E-state index contributed by atoms with van der Waals surface area (Å²) in [5.74, 6) is -0.668. The molecule has 0 aliphatic carbocycles. The van der Waals surface area contributed by atoms with Crippen molar-refractivity contribution in [2.75, 3.05) is 54.9 Å². The molecule has 0 atom stereocenters. The van der Waals surface area contributed by atoms with E-state index in [2.05, 4.69) is 4.90 Å². The molecule has 1 aliphatic rings. The highest BCUT2D eigenvalue weighted by atomic mass is 35.5. The highest BCUT2D eigenvalue weighted by Crippen LogP contribution is 2.42. The van der Waals surface area contributed by atoms with E-state index in [-0.39, 0.29) is 40.7 Å². The number of piperazine rings is 1. The molecule has 49 heavy (non-hydrogen) atoms. The molecule has 2 heterocycles. The summed E-state index contributed by atoms with van der Waals surface area (Å²) >= 11 is 6.04. The Morgan fingerprint density at radius 3 is 2.24 bits per heavy atom. The molecule has 0 spiro atoms. The summed E-state index contributed by atoms with van der Waals surface area (Å²) in [6.07, 6.45) is 1.13. The number of Topliss-reactive ketones (excluding diaryl/α,β-unsaturated/α-hetero) is 1. The zero-order chi connectivity index (χ0) is 34.9. The van der Waals surface area contributed by atoms with Crippen LogP contribution in [0.4, 0.5) is 20.2 Å². The van der Waals surface area contributed by atoms with Crippen molar-refractivity contribution in [3.05, 3.63) is 107 Å². The maximum absolute atomic E-state index is 13.8. The third-order valence-corrected chi connectivity index (χ3v) is 10.1. The topological polar surface area (TPSA) is 91.1 Å². The second-order valence-electron chi connectivity index (χ2n) is 11.8. The number of rotatable bonds is 10. The lowest BCUT2D eigenvalue weighted by molar-refractivity contribution is 0.0746. The Labute approximate surface area is 288 Å². The van der Waals surface area contributed by atoms with Gasteiger partial charge in [-0.2, -0.15) is 0 Å². The fourth-order valence-corrected chi connectivity index (χ4v) is 7.23. The number of benzene rings is 4. The molecule has 254 valence electrons. The largest absolute Gasteiger partial charge is 0.455 e. The molecule has 0 unspecified atom stereocenters. The molecule has 0 bridgehead atoms. The first kappa shape index (κ1) is 34.1. The number of sulfonamides is 1. The van der Waals surface area contributed by atoms with Gasteiger partial charge in [-0.3, -0.25) is 13.9 Å². The third kappa shape index (κ3) is 7.04. The van der Waals surface area contributed by atoms with E-state index in [1.54, 1.807) is 42.2 Å². The zero-order valence-electron chi connectivity index (χ0n) is 27.0. The van der Waals surface area contributed by atoms with Gasteiger partial charge in [-0.25, -0.2) is 17.2 Å². The summed E-state index contributed by atoms with van der Waals surface area (Å²) < 4.78 is 60.8. The van der Waals surface area contributed by atoms with Crippen molar-refractivity contribution in [1.29, 1.82) is 0 Å². The normalized spacial score (nSPS) is 13.6. The molecular weight excluding hydrogens is 672 g/mol. The van der Waals surface area contributed by atoms with Crippen LogP contribution in [0.25, 0.3) is 33.4 Å². The smallest absolute Gasteiger partial charge is 0.253 e. The standard InChI is InChI=1S/C37H34ClF2N3O5S/c1-3-33(44)35-31-22-30(32(43(16-15-39)49(2,46)47)23-34(31)48-36(35)24-7-11-28(40)12-8-24)25-5-4-6-26(21-25)37(45)42-19-17-41(18-20-42)29-13-9-27(38)10-14-29/h4-14,21-23H,3,15-20H2,1-2H3. The molecule has 4 aromatic carbocycles. The molecule has 1 fully saturated rings. The van der Waals surface area contributed by atoms with Crippen LogP contribution in [0, 0.1) is 5.82 Å². The van der Waals surface area contributed by atoms with Crippen LogP contribution in [0.15, 0.2) is 89.3 Å². The minimum atomic E-state index is -3.98. The number of ketones is 1. The van der Waals surface area contributed by atoms with Crippen molar-refractivity contribution in [2.24, 2.45) is 0 Å². The minimum Gasteiger partial charge on any atom is -0.455 e. The van der Waals surface area contributed by atoms with Crippen molar-refractivity contribution in [3.63, 3.8) is 0 Å². The summed E-state index contributed by atoms with van der Waals surface area (Å²) in [7, 11) is -3.98. The van der Waals surface area contributed by atoms with Crippen LogP contribution in [-0.4, -0.2) is 70.7 Å². The van der Waals surface area contributed by atoms with Gasteiger partial charge in [0.1, 0.15) is 23.8 Å². The second kappa shape index (κ2) is 14.0. The van der Waals surface area contributed by atoms with E-state index in [0.717, 1.165) is 16.2 Å². The van der Waals surface area contributed by atoms with E-state index in [9.17, 15) is 26.8 Å². The molecule has 5 aromatic rings. The number of furan rings is 1. The van der Waals surface area contributed by atoms with E-state index in [0.29, 0.717) is 58.8 Å². The maximum Gasteiger partial charge on any atom is 0.253 e. The van der Waals surface area contributed by atoms with Gasteiger partial charge in [-0.05, 0) is 72.3 Å². The van der Waals surface area contributed by atoms with Crippen LogP contribution in [0.5, 0.6) is 0 Å². The number of alkyl halides is 1. The van der Waals surface area contributed by atoms with Crippen molar-refractivity contribution >= 4 is 55.7 Å². The molecule has 6 rings (SSSR count). The summed E-state index contributed by atoms with van der Waals surface area (Å²) in [5, 5.41) is 1.06. The van der Waals surface area contributed by atoms with Gasteiger partial charge in [0.05, 0.1) is 24.1 Å². The minimum absolute atomic E-state index is 0.128. The molecule has 1 saturated heterocycles. The quantitative estimate of drug-likeness (QED) is 0.138. The SMILES string of the molecule is CCC(=O)c1c(-c2ccc(F)cc2)oc2cc(N(CCF)S(C)(=O)=O)c(-c3cccc(C(=O)N4CCN(c5ccc(Cl)cc5)CC4)c3)cc12. The van der Waals surface area contributed by atoms with Gasteiger partial charge in [0, 0.05) is 71.5 Å². The first-order chi connectivity index (χ1) is 23.5. The lowest BCUT2D eigenvalue weighted by atomic mass is 9.95. The number of amides is 1. The fourth-order valence-electron chi connectivity index (χ4n) is 6.19. The van der Waals surface area contributed by atoms with E-state index >= 15 is 0 Å². The average Bonchev–Trinajstić information content (AvgIpc) is 3.48.